The Labute approximate surface area is 154 Å². The molecule has 0 atom stereocenters. The lowest BCUT2D eigenvalue weighted by atomic mass is 10.0. The number of pyridine rings is 1. The van der Waals surface area contributed by atoms with Crippen LogP contribution in [0.5, 0.6) is 0 Å². The number of unbranched alkanes of at least 4 members (excludes halogenated alkanes) is 1. The van der Waals surface area contributed by atoms with Crippen LogP contribution in [0.1, 0.15) is 42.6 Å². The zero-order chi connectivity index (χ0) is 17.8. The molecule has 1 fully saturated rings. The van der Waals surface area contributed by atoms with Crippen LogP contribution >= 0.6 is 0 Å². The van der Waals surface area contributed by atoms with Gasteiger partial charge in [0.2, 0.25) is 5.91 Å². The predicted octanol–water partition coefficient (Wildman–Crippen LogP) is 2.60. The van der Waals surface area contributed by atoms with Crippen molar-refractivity contribution in [3.8, 4) is 0 Å². The van der Waals surface area contributed by atoms with E-state index in [1.165, 1.54) is 5.56 Å². The molecule has 0 radical (unpaired) electrons. The molecule has 1 aliphatic carbocycles. The fraction of sp³-hybridized carbons (Fsp3) is 0.500. The van der Waals surface area contributed by atoms with Crippen LogP contribution in [0.4, 0.5) is 5.82 Å². The number of rotatable bonds is 7. The third-order valence-electron chi connectivity index (χ3n) is 5.12. The molecule has 26 heavy (non-hydrogen) atoms. The van der Waals surface area contributed by atoms with Crippen LogP contribution in [0.2, 0.25) is 0 Å². The molecule has 0 bridgehead atoms. The zero-order valence-electron chi connectivity index (χ0n) is 15.0. The monoisotopic (exact) mass is 351 g/mol. The summed E-state index contributed by atoms with van der Waals surface area (Å²) in [4.78, 5) is 27.4. The van der Waals surface area contributed by atoms with Gasteiger partial charge in [0.1, 0.15) is 12.1 Å². The van der Waals surface area contributed by atoms with E-state index in [-0.39, 0.29) is 5.92 Å². The maximum atomic E-state index is 12.3. The molecule has 136 valence electrons. The Morgan fingerprint density at radius 3 is 2.92 bits per heavy atom. The van der Waals surface area contributed by atoms with Crippen LogP contribution in [0.3, 0.4) is 0 Å². The van der Waals surface area contributed by atoms with E-state index < -0.39 is 0 Å². The van der Waals surface area contributed by atoms with Crippen molar-refractivity contribution in [1.29, 1.82) is 0 Å². The van der Waals surface area contributed by atoms with Crippen molar-refractivity contribution in [2.45, 2.75) is 45.1 Å². The number of amides is 1. The molecule has 2 aromatic rings. The predicted molar refractivity (Wildman–Crippen MR) is 99.5 cm³/mol. The van der Waals surface area contributed by atoms with E-state index in [1.54, 1.807) is 6.33 Å². The molecule has 1 N–H and O–H groups in total. The van der Waals surface area contributed by atoms with E-state index in [0.717, 1.165) is 68.8 Å². The summed E-state index contributed by atoms with van der Waals surface area (Å²) in [5, 5.41) is 3.46. The van der Waals surface area contributed by atoms with Crippen LogP contribution in [-0.2, 0) is 24.2 Å². The first-order valence-corrected chi connectivity index (χ1v) is 9.56. The van der Waals surface area contributed by atoms with Crippen molar-refractivity contribution in [3.05, 3.63) is 47.7 Å². The van der Waals surface area contributed by atoms with Gasteiger partial charge in [0.05, 0.1) is 12.2 Å². The van der Waals surface area contributed by atoms with Crippen molar-refractivity contribution in [3.63, 3.8) is 0 Å². The molecule has 6 heteroatoms. The normalized spacial score (nSPS) is 16.2. The smallest absolute Gasteiger partial charge is 0.226 e. The van der Waals surface area contributed by atoms with Gasteiger partial charge in [-0.1, -0.05) is 6.07 Å². The van der Waals surface area contributed by atoms with Gasteiger partial charge < -0.3 is 10.2 Å². The lowest BCUT2D eigenvalue weighted by Crippen LogP contribution is -2.37. The van der Waals surface area contributed by atoms with E-state index in [9.17, 15) is 4.79 Å². The summed E-state index contributed by atoms with van der Waals surface area (Å²) in [6.07, 6.45) is 9.57. The minimum atomic E-state index is 0.273. The third kappa shape index (κ3) is 4.00. The molecular weight excluding hydrogens is 326 g/mol. The fourth-order valence-corrected chi connectivity index (χ4v) is 3.47. The van der Waals surface area contributed by atoms with Gasteiger partial charge in [0.15, 0.2) is 0 Å². The first kappa shape index (κ1) is 16.9. The van der Waals surface area contributed by atoms with E-state index >= 15 is 0 Å². The number of nitrogens with zero attached hydrogens (tertiary/aromatic N) is 4. The quantitative estimate of drug-likeness (QED) is 0.777. The molecule has 0 unspecified atom stereocenters. The molecular formula is C20H25N5O. The first-order valence-electron chi connectivity index (χ1n) is 9.56. The summed E-state index contributed by atoms with van der Waals surface area (Å²) < 4.78 is 0. The second kappa shape index (κ2) is 7.81. The third-order valence-corrected chi connectivity index (χ3v) is 5.12. The topological polar surface area (TPSA) is 71.0 Å². The zero-order valence-corrected chi connectivity index (χ0v) is 15.0. The lowest BCUT2D eigenvalue weighted by Gasteiger charge is -2.29. The number of carbonyl (C=O) groups excluding carboxylic acids is 1. The molecule has 0 spiro atoms. The van der Waals surface area contributed by atoms with Crippen molar-refractivity contribution in [1.82, 2.24) is 19.9 Å². The van der Waals surface area contributed by atoms with Crippen LogP contribution in [-0.4, -0.2) is 38.8 Å². The van der Waals surface area contributed by atoms with Gasteiger partial charge in [-0.25, -0.2) is 9.97 Å². The molecule has 2 aliphatic rings. The minimum Gasteiger partial charge on any atom is -0.370 e. The highest BCUT2D eigenvalue weighted by Crippen LogP contribution is 2.33. The number of aromatic nitrogens is 3. The summed E-state index contributed by atoms with van der Waals surface area (Å²) in [6, 6.07) is 6.05. The van der Waals surface area contributed by atoms with Crippen molar-refractivity contribution in [2.75, 3.05) is 18.4 Å². The molecule has 0 aromatic carbocycles. The Hall–Kier alpha value is -2.50. The van der Waals surface area contributed by atoms with Crippen molar-refractivity contribution >= 4 is 11.7 Å². The van der Waals surface area contributed by atoms with Gasteiger partial charge in [0.25, 0.3) is 0 Å². The highest BCUT2D eigenvalue weighted by atomic mass is 16.2. The summed E-state index contributed by atoms with van der Waals surface area (Å²) >= 11 is 0. The second-order valence-electron chi connectivity index (χ2n) is 7.14. The van der Waals surface area contributed by atoms with Gasteiger partial charge >= 0.3 is 0 Å². The largest absolute Gasteiger partial charge is 0.370 e. The van der Waals surface area contributed by atoms with Crippen molar-refractivity contribution in [2.24, 2.45) is 5.92 Å². The average molecular weight is 351 g/mol. The van der Waals surface area contributed by atoms with Crippen LogP contribution in [0.25, 0.3) is 0 Å². The summed E-state index contributed by atoms with van der Waals surface area (Å²) in [6.45, 7) is 2.30. The Morgan fingerprint density at radius 2 is 2.12 bits per heavy atom. The Kier molecular flexibility index (Phi) is 5.09. The molecule has 1 saturated carbocycles. The van der Waals surface area contributed by atoms with E-state index in [2.05, 4.69) is 26.3 Å². The van der Waals surface area contributed by atoms with Gasteiger partial charge in [-0.05, 0) is 50.7 Å². The molecule has 6 nitrogen and oxygen atoms in total. The number of hydrogen-bond acceptors (Lipinski definition) is 5. The number of fused-ring (bicyclic) bond motifs is 1. The molecule has 0 saturated heterocycles. The van der Waals surface area contributed by atoms with Crippen LogP contribution in [0.15, 0.2) is 30.7 Å². The highest BCUT2D eigenvalue weighted by Gasteiger charge is 2.35. The summed E-state index contributed by atoms with van der Waals surface area (Å²) in [5.41, 5.74) is 3.32. The molecule has 1 aliphatic heterocycles. The number of hydrogen-bond donors (Lipinski definition) is 1. The number of aryl methyl sites for hydroxylation is 1. The van der Waals surface area contributed by atoms with E-state index in [1.807, 2.05) is 23.2 Å². The Bertz CT molecular complexity index is 760. The van der Waals surface area contributed by atoms with E-state index in [4.69, 9.17) is 0 Å². The average Bonchev–Trinajstić information content (AvgIpc) is 3.53. The van der Waals surface area contributed by atoms with E-state index in [0.29, 0.717) is 12.5 Å². The molecule has 2 aromatic heterocycles. The fourth-order valence-electron chi connectivity index (χ4n) is 3.47. The minimum absolute atomic E-state index is 0.273. The highest BCUT2D eigenvalue weighted by molar-refractivity contribution is 5.81. The maximum Gasteiger partial charge on any atom is 0.226 e. The van der Waals surface area contributed by atoms with Gasteiger partial charge in [-0.3, -0.25) is 9.78 Å². The second-order valence-corrected chi connectivity index (χ2v) is 7.14. The van der Waals surface area contributed by atoms with Crippen LogP contribution in [0, 0.1) is 5.92 Å². The SMILES string of the molecule is O=C(C1CC1)N1CCc2c(ncnc2NCCCCc2ccccn2)C1. The lowest BCUT2D eigenvalue weighted by molar-refractivity contribution is -0.133. The standard InChI is InChI=1S/C20H25N5O/c26-20(15-7-8-15)25-12-9-17-18(13-25)23-14-24-19(17)22-11-4-2-6-16-5-1-3-10-21-16/h1,3,5,10,14-15H,2,4,6-9,11-13H2,(H,22,23,24). The molecule has 1 amide bonds. The number of anilines is 1. The Balaban J connectivity index is 1.28. The molecule has 4 rings (SSSR count). The summed E-state index contributed by atoms with van der Waals surface area (Å²) in [7, 11) is 0. The Morgan fingerprint density at radius 1 is 1.19 bits per heavy atom. The van der Waals surface area contributed by atoms with Gasteiger partial charge in [-0.2, -0.15) is 0 Å². The first-order chi connectivity index (χ1) is 12.8. The van der Waals surface area contributed by atoms with Gasteiger partial charge in [0, 0.05) is 36.5 Å². The van der Waals surface area contributed by atoms with Crippen LogP contribution < -0.4 is 5.32 Å². The summed E-state index contributed by atoms with van der Waals surface area (Å²) in [5.74, 6) is 1.51. The van der Waals surface area contributed by atoms with Gasteiger partial charge in [-0.15, -0.1) is 0 Å². The number of carbonyl (C=O) groups is 1. The number of nitrogens with one attached hydrogen (secondary N) is 1. The van der Waals surface area contributed by atoms with Crippen molar-refractivity contribution < 1.29 is 4.79 Å². The molecule has 3 heterocycles. The maximum absolute atomic E-state index is 12.3.